The highest BCUT2D eigenvalue weighted by atomic mass is 79.9. The van der Waals surface area contributed by atoms with Crippen LogP contribution in [-0.4, -0.2) is 11.3 Å². The maximum absolute atomic E-state index is 11.8. The van der Waals surface area contributed by atoms with E-state index in [9.17, 15) is 13.2 Å². The summed E-state index contributed by atoms with van der Waals surface area (Å²) in [5.74, 6) is -0.535. The zero-order chi connectivity index (χ0) is 10.9. The van der Waals surface area contributed by atoms with Crippen LogP contribution in [0.15, 0.2) is 15.3 Å². The van der Waals surface area contributed by atoms with Crippen LogP contribution in [0.4, 0.5) is 18.9 Å². The summed E-state index contributed by atoms with van der Waals surface area (Å²) < 4.78 is 39.6. The van der Waals surface area contributed by atoms with Gasteiger partial charge in [0.1, 0.15) is 4.60 Å². The molecule has 0 aromatic carbocycles. The van der Waals surface area contributed by atoms with E-state index in [4.69, 9.17) is 5.73 Å². The number of pyridine rings is 1. The number of ether oxygens (including phenoxy) is 1. The summed E-state index contributed by atoms with van der Waals surface area (Å²) in [6, 6.07) is 0. The summed E-state index contributed by atoms with van der Waals surface area (Å²) in [4.78, 5) is 3.59. The predicted octanol–water partition coefficient (Wildman–Crippen LogP) is 3.09. The molecule has 8 heteroatoms. The van der Waals surface area contributed by atoms with Crippen molar-refractivity contribution in [3.63, 3.8) is 0 Å². The second-order valence-corrected chi connectivity index (χ2v) is 3.73. The zero-order valence-corrected chi connectivity index (χ0v) is 9.57. The number of halogens is 5. The minimum atomic E-state index is -4.77. The summed E-state index contributed by atoms with van der Waals surface area (Å²) in [5.41, 5.74) is 5.19. The van der Waals surface area contributed by atoms with Crippen molar-refractivity contribution in [2.45, 2.75) is 6.36 Å². The molecule has 1 aromatic rings. The van der Waals surface area contributed by atoms with E-state index >= 15 is 0 Å². The zero-order valence-electron chi connectivity index (χ0n) is 6.40. The van der Waals surface area contributed by atoms with Gasteiger partial charge in [0.05, 0.1) is 16.4 Å². The van der Waals surface area contributed by atoms with E-state index in [0.29, 0.717) is 4.60 Å². The standard InChI is InChI=1S/C6H3Br2F3N2O/c7-3-4(12)2(1-13-5(3)8)14-6(9,10)11/h1H,(H2,12,13). The second kappa shape index (κ2) is 3.93. The predicted molar refractivity (Wildman–Crippen MR) is 50.7 cm³/mol. The van der Waals surface area contributed by atoms with Crippen molar-refractivity contribution in [2.75, 3.05) is 5.73 Å². The minimum absolute atomic E-state index is 0.163. The number of nitrogens with two attached hydrogens (primary N) is 1. The smallest absolute Gasteiger partial charge is 0.402 e. The maximum atomic E-state index is 11.8. The van der Waals surface area contributed by atoms with E-state index in [-0.39, 0.29) is 10.2 Å². The number of nitrogen functional groups attached to an aromatic ring is 1. The molecule has 0 aliphatic carbocycles. The number of rotatable bonds is 1. The molecular weight excluding hydrogens is 333 g/mol. The highest BCUT2D eigenvalue weighted by Crippen LogP contribution is 2.36. The van der Waals surface area contributed by atoms with Gasteiger partial charge in [0, 0.05) is 0 Å². The van der Waals surface area contributed by atoms with Gasteiger partial charge in [0.25, 0.3) is 0 Å². The first-order valence-corrected chi connectivity index (χ1v) is 4.75. The molecule has 0 aliphatic heterocycles. The van der Waals surface area contributed by atoms with Gasteiger partial charge in [-0.3, -0.25) is 0 Å². The van der Waals surface area contributed by atoms with Crippen molar-refractivity contribution in [3.8, 4) is 5.75 Å². The summed E-state index contributed by atoms with van der Waals surface area (Å²) in [5, 5.41) is 0. The Balaban J connectivity index is 3.06. The van der Waals surface area contributed by atoms with Crippen LogP contribution in [-0.2, 0) is 0 Å². The Hall–Kier alpha value is -0.500. The van der Waals surface area contributed by atoms with E-state index in [1.165, 1.54) is 0 Å². The first kappa shape index (κ1) is 11.6. The topological polar surface area (TPSA) is 48.1 Å². The van der Waals surface area contributed by atoms with Gasteiger partial charge in [-0.2, -0.15) is 0 Å². The molecule has 0 aliphatic rings. The summed E-state index contributed by atoms with van der Waals surface area (Å²) in [6.07, 6.45) is -3.89. The Morgan fingerprint density at radius 3 is 2.43 bits per heavy atom. The fourth-order valence-electron chi connectivity index (χ4n) is 0.667. The number of aromatic nitrogens is 1. The maximum Gasteiger partial charge on any atom is 0.573 e. The van der Waals surface area contributed by atoms with Gasteiger partial charge in [0.2, 0.25) is 0 Å². The van der Waals surface area contributed by atoms with E-state index in [2.05, 4.69) is 41.6 Å². The molecule has 0 saturated carbocycles. The van der Waals surface area contributed by atoms with Gasteiger partial charge in [-0.05, 0) is 31.9 Å². The molecule has 1 aromatic heterocycles. The quantitative estimate of drug-likeness (QED) is 0.802. The van der Waals surface area contributed by atoms with Crippen LogP contribution < -0.4 is 10.5 Å². The highest BCUT2D eigenvalue weighted by molar-refractivity contribution is 9.13. The van der Waals surface area contributed by atoms with Gasteiger partial charge in [-0.1, -0.05) is 0 Å². The van der Waals surface area contributed by atoms with E-state index in [1.807, 2.05) is 0 Å². The Labute approximate surface area is 93.7 Å². The van der Waals surface area contributed by atoms with Crippen LogP contribution in [0.3, 0.4) is 0 Å². The molecule has 0 spiro atoms. The normalized spacial score (nSPS) is 11.5. The second-order valence-electron chi connectivity index (χ2n) is 2.19. The van der Waals surface area contributed by atoms with Crippen molar-refractivity contribution in [1.29, 1.82) is 0 Å². The molecule has 0 fully saturated rings. The number of anilines is 1. The van der Waals surface area contributed by atoms with E-state index in [0.717, 1.165) is 6.20 Å². The van der Waals surface area contributed by atoms with Crippen molar-refractivity contribution in [2.24, 2.45) is 0 Å². The molecular formula is C6H3Br2F3N2O. The lowest BCUT2D eigenvalue weighted by molar-refractivity contribution is -0.274. The third-order valence-corrected chi connectivity index (χ3v) is 3.14. The van der Waals surface area contributed by atoms with Crippen LogP contribution in [0.5, 0.6) is 5.75 Å². The first-order chi connectivity index (χ1) is 6.31. The largest absolute Gasteiger partial charge is 0.573 e. The molecule has 0 saturated heterocycles. The average Bonchev–Trinajstić information content (AvgIpc) is 2.04. The third kappa shape index (κ3) is 2.74. The number of hydrogen-bond donors (Lipinski definition) is 1. The van der Waals surface area contributed by atoms with Crippen LogP contribution >= 0.6 is 31.9 Å². The van der Waals surface area contributed by atoms with Gasteiger partial charge < -0.3 is 10.5 Å². The summed E-state index contributed by atoms with van der Waals surface area (Å²) in [7, 11) is 0. The number of nitrogens with zero attached hydrogens (tertiary/aromatic N) is 1. The SMILES string of the molecule is Nc1c(OC(F)(F)F)cnc(Br)c1Br. The molecule has 0 bridgehead atoms. The third-order valence-electron chi connectivity index (χ3n) is 1.20. The molecule has 0 atom stereocenters. The van der Waals surface area contributed by atoms with Gasteiger partial charge >= 0.3 is 6.36 Å². The monoisotopic (exact) mass is 334 g/mol. The van der Waals surface area contributed by atoms with Crippen LogP contribution in [0, 0.1) is 0 Å². The van der Waals surface area contributed by atoms with Gasteiger partial charge in [-0.15, -0.1) is 13.2 Å². The fraction of sp³-hybridized carbons (Fsp3) is 0.167. The summed E-state index contributed by atoms with van der Waals surface area (Å²) in [6.45, 7) is 0. The van der Waals surface area contributed by atoms with Crippen molar-refractivity contribution in [1.82, 2.24) is 4.98 Å². The lowest BCUT2D eigenvalue weighted by Crippen LogP contribution is -2.18. The van der Waals surface area contributed by atoms with Crippen molar-refractivity contribution < 1.29 is 17.9 Å². The Bertz CT molecular complexity index is 356. The molecule has 1 rings (SSSR count). The molecule has 78 valence electrons. The van der Waals surface area contributed by atoms with Crippen LogP contribution in [0.25, 0.3) is 0 Å². The lowest BCUT2D eigenvalue weighted by atomic mass is 10.4. The molecule has 0 radical (unpaired) electrons. The Morgan fingerprint density at radius 1 is 1.36 bits per heavy atom. The van der Waals surface area contributed by atoms with Crippen LogP contribution in [0.2, 0.25) is 0 Å². The average molecular weight is 336 g/mol. The van der Waals surface area contributed by atoms with E-state index < -0.39 is 12.1 Å². The summed E-state index contributed by atoms with van der Waals surface area (Å²) >= 11 is 5.94. The molecule has 14 heavy (non-hydrogen) atoms. The Morgan fingerprint density at radius 2 is 1.93 bits per heavy atom. The molecule has 0 amide bonds. The molecule has 1 heterocycles. The van der Waals surface area contributed by atoms with Gasteiger partial charge in [-0.25, -0.2) is 4.98 Å². The fourth-order valence-corrected chi connectivity index (χ4v) is 1.28. The molecule has 0 unspecified atom stereocenters. The minimum Gasteiger partial charge on any atom is -0.402 e. The molecule has 3 nitrogen and oxygen atoms in total. The highest BCUT2D eigenvalue weighted by Gasteiger charge is 2.32. The van der Waals surface area contributed by atoms with Crippen molar-refractivity contribution in [3.05, 3.63) is 15.3 Å². The molecule has 2 N–H and O–H groups in total. The number of alkyl halides is 3. The lowest BCUT2D eigenvalue weighted by Gasteiger charge is -2.11. The van der Waals surface area contributed by atoms with Gasteiger partial charge in [0.15, 0.2) is 5.75 Å². The Kier molecular flexibility index (Phi) is 3.25. The van der Waals surface area contributed by atoms with Crippen LogP contribution in [0.1, 0.15) is 0 Å². The van der Waals surface area contributed by atoms with E-state index in [1.54, 1.807) is 0 Å². The number of hydrogen-bond acceptors (Lipinski definition) is 3. The first-order valence-electron chi connectivity index (χ1n) is 3.16. The van der Waals surface area contributed by atoms with Crippen molar-refractivity contribution >= 4 is 37.5 Å².